The number of halogens is 2. The molecule has 0 fully saturated rings. The molecule has 1 aromatic heterocycles. The van der Waals surface area contributed by atoms with Gasteiger partial charge in [-0.2, -0.15) is 0 Å². The molecule has 1 N–H and O–H groups in total. The molecule has 0 radical (unpaired) electrons. The molecule has 0 saturated heterocycles. The molecule has 0 atom stereocenters. The van der Waals surface area contributed by atoms with E-state index in [0.717, 1.165) is 5.01 Å². The van der Waals surface area contributed by atoms with E-state index in [2.05, 4.69) is 29.4 Å². The van der Waals surface area contributed by atoms with Crippen LogP contribution in [0.1, 0.15) is 18.9 Å². The van der Waals surface area contributed by atoms with Crippen molar-refractivity contribution in [3.05, 3.63) is 33.3 Å². The number of rotatable bonds is 5. The SMILES string of the molecule is CC(C)NCc1nnc(Oc2cc(Cl)ccc2Cl)s1. The summed E-state index contributed by atoms with van der Waals surface area (Å²) in [6.07, 6.45) is 0. The van der Waals surface area contributed by atoms with Crippen LogP contribution in [0.25, 0.3) is 0 Å². The Labute approximate surface area is 125 Å². The minimum Gasteiger partial charge on any atom is -0.428 e. The first-order valence-electron chi connectivity index (χ1n) is 5.73. The van der Waals surface area contributed by atoms with Gasteiger partial charge in [0, 0.05) is 17.1 Å². The van der Waals surface area contributed by atoms with Crippen LogP contribution in [0, 0.1) is 0 Å². The molecule has 0 saturated carbocycles. The highest BCUT2D eigenvalue weighted by Gasteiger charge is 2.09. The summed E-state index contributed by atoms with van der Waals surface area (Å²) in [6.45, 7) is 4.82. The minimum atomic E-state index is 0.399. The van der Waals surface area contributed by atoms with Crippen LogP contribution in [0.2, 0.25) is 10.0 Å². The Morgan fingerprint density at radius 1 is 1.32 bits per heavy atom. The average Bonchev–Trinajstić information content (AvgIpc) is 2.79. The summed E-state index contributed by atoms with van der Waals surface area (Å²) in [5.74, 6) is 0.480. The molecule has 0 spiro atoms. The van der Waals surface area contributed by atoms with Gasteiger partial charge in [-0.25, -0.2) is 0 Å². The van der Waals surface area contributed by atoms with Crippen molar-refractivity contribution >= 4 is 34.5 Å². The van der Waals surface area contributed by atoms with Gasteiger partial charge in [0.25, 0.3) is 5.19 Å². The van der Waals surface area contributed by atoms with Crippen LogP contribution in [0.3, 0.4) is 0 Å². The molecule has 1 aromatic carbocycles. The van der Waals surface area contributed by atoms with Crippen LogP contribution in [-0.4, -0.2) is 16.2 Å². The lowest BCUT2D eigenvalue weighted by Gasteiger charge is -2.04. The number of nitrogens with one attached hydrogen (secondary N) is 1. The fourth-order valence-corrected chi connectivity index (χ4v) is 2.26. The van der Waals surface area contributed by atoms with E-state index in [1.807, 2.05) is 0 Å². The third-order valence-corrected chi connectivity index (χ3v) is 3.55. The molecular formula is C12H13Cl2N3OS. The highest BCUT2D eigenvalue weighted by molar-refractivity contribution is 7.13. The van der Waals surface area contributed by atoms with Gasteiger partial charge in [0.05, 0.1) is 11.6 Å². The zero-order valence-corrected chi connectivity index (χ0v) is 12.8. The maximum Gasteiger partial charge on any atom is 0.299 e. The normalized spacial score (nSPS) is 11.0. The predicted molar refractivity (Wildman–Crippen MR) is 78.4 cm³/mol. The highest BCUT2D eigenvalue weighted by Crippen LogP contribution is 2.33. The van der Waals surface area contributed by atoms with Crippen molar-refractivity contribution in [3.63, 3.8) is 0 Å². The van der Waals surface area contributed by atoms with Crippen molar-refractivity contribution in [2.24, 2.45) is 0 Å². The summed E-state index contributed by atoms with van der Waals surface area (Å²) >= 11 is 13.3. The van der Waals surface area contributed by atoms with Crippen molar-refractivity contribution in [2.45, 2.75) is 26.4 Å². The molecule has 102 valence electrons. The standard InChI is InChI=1S/C12H13Cl2N3OS/c1-7(2)15-6-11-16-17-12(19-11)18-10-5-8(13)3-4-9(10)14/h3-5,7,15H,6H2,1-2H3. The topological polar surface area (TPSA) is 47.0 Å². The predicted octanol–water partition coefficient (Wildman–Crippen LogP) is 4.14. The van der Waals surface area contributed by atoms with Gasteiger partial charge in [-0.1, -0.05) is 53.5 Å². The number of nitrogens with zero attached hydrogens (tertiary/aromatic N) is 2. The van der Waals surface area contributed by atoms with Gasteiger partial charge in [0.1, 0.15) is 10.8 Å². The highest BCUT2D eigenvalue weighted by atomic mass is 35.5. The summed E-state index contributed by atoms with van der Waals surface area (Å²) in [5, 5.41) is 13.6. The first kappa shape index (κ1) is 14.5. The Bertz CT molecular complexity index is 560. The van der Waals surface area contributed by atoms with Crippen molar-refractivity contribution in [2.75, 3.05) is 0 Å². The Kier molecular flexibility index (Phi) is 4.99. The molecule has 7 heteroatoms. The fourth-order valence-electron chi connectivity index (χ4n) is 1.29. The van der Waals surface area contributed by atoms with E-state index in [1.165, 1.54) is 11.3 Å². The molecule has 0 amide bonds. The van der Waals surface area contributed by atoms with E-state index < -0.39 is 0 Å². The van der Waals surface area contributed by atoms with Gasteiger partial charge in [0.15, 0.2) is 0 Å². The van der Waals surface area contributed by atoms with Crippen LogP contribution < -0.4 is 10.1 Å². The third kappa shape index (κ3) is 4.31. The number of aromatic nitrogens is 2. The number of benzene rings is 1. The van der Waals surface area contributed by atoms with Crippen molar-refractivity contribution < 1.29 is 4.74 Å². The molecule has 0 aliphatic carbocycles. The Hall–Kier alpha value is -0.880. The van der Waals surface area contributed by atoms with E-state index in [1.54, 1.807) is 18.2 Å². The fraction of sp³-hybridized carbons (Fsp3) is 0.333. The van der Waals surface area contributed by atoms with Gasteiger partial charge in [-0.05, 0) is 12.1 Å². The van der Waals surface area contributed by atoms with E-state index in [-0.39, 0.29) is 0 Å². The molecule has 2 aromatic rings. The zero-order chi connectivity index (χ0) is 13.8. The summed E-state index contributed by atoms with van der Waals surface area (Å²) in [6, 6.07) is 5.43. The van der Waals surface area contributed by atoms with Crippen LogP contribution in [0.15, 0.2) is 18.2 Å². The number of ether oxygens (including phenoxy) is 1. The van der Waals surface area contributed by atoms with Gasteiger partial charge < -0.3 is 10.1 Å². The van der Waals surface area contributed by atoms with Crippen LogP contribution in [-0.2, 0) is 6.54 Å². The quantitative estimate of drug-likeness (QED) is 0.900. The third-order valence-electron chi connectivity index (χ3n) is 2.20. The minimum absolute atomic E-state index is 0.399. The molecular weight excluding hydrogens is 305 g/mol. The van der Waals surface area contributed by atoms with Crippen LogP contribution in [0.5, 0.6) is 10.9 Å². The summed E-state index contributed by atoms with van der Waals surface area (Å²) in [5.41, 5.74) is 0. The average molecular weight is 318 g/mol. The van der Waals surface area contributed by atoms with E-state index in [4.69, 9.17) is 27.9 Å². The number of hydrogen-bond acceptors (Lipinski definition) is 5. The molecule has 0 unspecified atom stereocenters. The summed E-state index contributed by atoms with van der Waals surface area (Å²) in [7, 11) is 0. The lowest BCUT2D eigenvalue weighted by Crippen LogP contribution is -2.21. The number of hydrogen-bond donors (Lipinski definition) is 1. The molecule has 0 bridgehead atoms. The first-order valence-corrected chi connectivity index (χ1v) is 7.30. The summed E-state index contributed by atoms with van der Waals surface area (Å²) in [4.78, 5) is 0. The second kappa shape index (κ2) is 6.52. The Morgan fingerprint density at radius 3 is 2.84 bits per heavy atom. The van der Waals surface area contributed by atoms with Gasteiger partial charge in [-0.3, -0.25) is 0 Å². The van der Waals surface area contributed by atoms with Crippen LogP contribution in [0.4, 0.5) is 0 Å². The molecule has 19 heavy (non-hydrogen) atoms. The van der Waals surface area contributed by atoms with Crippen LogP contribution >= 0.6 is 34.5 Å². The maximum absolute atomic E-state index is 6.02. The molecule has 2 rings (SSSR count). The van der Waals surface area contributed by atoms with Gasteiger partial charge in [0.2, 0.25) is 0 Å². The van der Waals surface area contributed by atoms with Crippen molar-refractivity contribution in [3.8, 4) is 10.9 Å². The van der Waals surface area contributed by atoms with E-state index in [0.29, 0.717) is 33.6 Å². The Morgan fingerprint density at radius 2 is 2.11 bits per heavy atom. The molecule has 1 heterocycles. The second-order valence-corrected chi connectivity index (χ2v) is 6.04. The maximum atomic E-state index is 6.02. The molecule has 0 aliphatic heterocycles. The van der Waals surface area contributed by atoms with E-state index >= 15 is 0 Å². The van der Waals surface area contributed by atoms with Gasteiger partial charge >= 0.3 is 0 Å². The largest absolute Gasteiger partial charge is 0.428 e. The van der Waals surface area contributed by atoms with Crippen molar-refractivity contribution in [1.29, 1.82) is 0 Å². The summed E-state index contributed by atoms with van der Waals surface area (Å²) < 4.78 is 5.58. The second-order valence-electron chi connectivity index (χ2n) is 4.17. The van der Waals surface area contributed by atoms with Crippen molar-refractivity contribution in [1.82, 2.24) is 15.5 Å². The smallest absolute Gasteiger partial charge is 0.299 e. The first-order chi connectivity index (χ1) is 9.04. The van der Waals surface area contributed by atoms with E-state index in [9.17, 15) is 0 Å². The van der Waals surface area contributed by atoms with Gasteiger partial charge in [-0.15, -0.1) is 5.10 Å². The zero-order valence-electron chi connectivity index (χ0n) is 10.5. The molecule has 0 aliphatic rings. The Balaban J connectivity index is 2.05. The lowest BCUT2D eigenvalue weighted by molar-refractivity contribution is 0.473. The lowest BCUT2D eigenvalue weighted by atomic mass is 10.3. The molecule has 4 nitrogen and oxygen atoms in total. The monoisotopic (exact) mass is 317 g/mol.